The first kappa shape index (κ1) is 22.1. The van der Waals surface area contributed by atoms with Crippen LogP contribution in [0.2, 0.25) is 0 Å². The molecule has 30 heavy (non-hydrogen) atoms. The molecule has 3 heterocycles. The van der Waals surface area contributed by atoms with Gasteiger partial charge in [0.05, 0.1) is 0 Å². The summed E-state index contributed by atoms with van der Waals surface area (Å²) in [5.74, 6) is 2.71. The van der Waals surface area contributed by atoms with Gasteiger partial charge in [-0.3, -0.25) is 5.10 Å². The van der Waals surface area contributed by atoms with E-state index in [0.29, 0.717) is 11.9 Å². The van der Waals surface area contributed by atoms with Crippen molar-refractivity contribution in [1.82, 2.24) is 25.5 Å². The second-order valence-electron chi connectivity index (χ2n) is 7.96. The molecule has 1 fully saturated rings. The van der Waals surface area contributed by atoms with Gasteiger partial charge in [-0.1, -0.05) is 6.07 Å². The number of aryl methyl sites for hydroxylation is 4. The zero-order chi connectivity index (χ0) is 20.4. The van der Waals surface area contributed by atoms with Crippen molar-refractivity contribution in [2.75, 3.05) is 23.7 Å². The second-order valence-corrected chi connectivity index (χ2v) is 7.96. The minimum absolute atomic E-state index is 0. The molecule has 8 heteroatoms. The molecule has 1 aromatic carbocycles. The predicted octanol–water partition coefficient (Wildman–Crippen LogP) is 4.81. The molecule has 0 atom stereocenters. The third kappa shape index (κ3) is 4.91. The first-order valence-electron chi connectivity index (χ1n) is 10.2. The number of aromatic amines is 1. The summed E-state index contributed by atoms with van der Waals surface area (Å²) in [7, 11) is 0. The van der Waals surface area contributed by atoms with Crippen LogP contribution < -0.4 is 16.0 Å². The van der Waals surface area contributed by atoms with Gasteiger partial charge in [-0.2, -0.15) is 10.1 Å². The third-order valence-electron chi connectivity index (χ3n) is 5.56. The van der Waals surface area contributed by atoms with E-state index in [0.717, 1.165) is 41.7 Å². The molecule has 160 valence electrons. The summed E-state index contributed by atoms with van der Waals surface area (Å²) >= 11 is 0. The van der Waals surface area contributed by atoms with Crippen molar-refractivity contribution < 1.29 is 0 Å². The first-order chi connectivity index (χ1) is 14.0. The number of piperidine rings is 1. The third-order valence-corrected chi connectivity index (χ3v) is 5.56. The van der Waals surface area contributed by atoms with E-state index in [1.54, 1.807) is 0 Å². The van der Waals surface area contributed by atoms with Crippen LogP contribution in [0.5, 0.6) is 0 Å². The lowest BCUT2D eigenvalue weighted by atomic mass is 9.86. The number of benzene rings is 1. The minimum atomic E-state index is 0. The maximum Gasteiger partial charge on any atom is 0.229 e. The molecule has 4 rings (SSSR count). The molecule has 0 saturated carbocycles. The van der Waals surface area contributed by atoms with Crippen molar-refractivity contribution in [3.8, 4) is 0 Å². The molecule has 0 unspecified atom stereocenters. The van der Waals surface area contributed by atoms with Crippen LogP contribution in [0.25, 0.3) is 0 Å². The molecule has 0 aliphatic carbocycles. The lowest BCUT2D eigenvalue weighted by Crippen LogP contribution is -2.27. The number of halogens is 1. The zero-order valence-corrected chi connectivity index (χ0v) is 18.8. The average Bonchev–Trinajstić information content (AvgIpc) is 3.12. The Hall–Kier alpha value is -2.64. The SMILES string of the molecule is Cc1cc(Nc2nc(Nc3cc(C)c(C4CCNCC4)cc3C)ncc2C)n[nH]1.Cl. The van der Waals surface area contributed by atoms with E-state index in [9.17, 15) is 0 Å². The smallest absolute Gasteiger partial charge is 0.229 e. The van der Waals surface area contributed by atoms with Gasteiger partial charge in [0.25, 0.3) is 0 Å². The van der Waals surface area contributed by atoms with E-state index in [1.165, 1.54) is 29.5 Å². The maximum absolute atomic E-state index is 4.66. The Labute approximate surface area is 183 Å². The fourth-order valence-electron chi connectivity index (χ4n) is 3.90. The Morgan fingerprint density at radius 2 is 1.70 bits per heavy atom. The van der Waals surface area contributed by atoms with Crippen molar-refractivity contribution in [2.45, 2.75) is 46.5 Å². The summed E-state index contributed by atoms with van der Waals surface area (Å²) in [5.41, 5.74) is 7.01. The van der Waals surface area contributed by atoms with Crippen LogP contribution in [0.3, 0.4) is 0 Å². The standard InChI is InChI=1S/C22H29N7.ClH/c1-13-10-19(14(2)9-18(13)17-5-7-23-8-6-17)25-22-24-12-15(3)21(27-22)26-20-11-16(4)28-29-20;/h9-12,17,23H,5-8H2,1-4H3,(H3,24,25,26,27,28,29);1H. The van der Waals surface area contributed by atoms with Crippen molar-refractivity contribution >= 4 is 35.7 Å². The minimum Gasteiger partial charge on any atom is -0.324 e. The molecule has 0 radical (unpaired) electrons. The van der Waals surface area contributed by atoms with Crippen LogP contribution in [0.15, 0.2) is 24.4 Å². The Bertz CT molecular complexity index is 1010. The summed E-state index contributed by atoms with van der Waals surface area (Å²) in [6.45, 7) is 10.5. The summed E-state index contributed by atoms with van der Waals surface area (Å²) in [6.07, 6.45) is 4.23. The molecule has 2 aromatic heterocycles. The van der Waals surface area contributed by atoms with Gasteiger partial charge in [-0.15, -0.1) is 12.4 Å². The second kappa shape index (κ2) is 9.45. The highest BCUT2D eigenvalue weighted by molar-refractivity contribution is 5.85. The number of hydrogen-bond acceptors (Lipinski definition) is 6. The largest absolute Gasteiger partial charge is 0.324 e. The monoisotopic (exact) mass is 427 g/mol. The van der Waals surface area contributed by atoms with Gasteiger partial charge in [0.1, 0.15) is 5.82 Å². The van der Waals surface area contributed by atoms with E-state index in [2.05, 4.69) is 62.1 Å². The number of aromatic nitrogens is 4. The Morgan fingerprint density at radius 1 is 0.933 bits per heavy atom. The Morgan fingerprint density at radius 3 is 2.40 bits per heavy atom. The van der Waals surface area contributed by atoms with Crippen molar-refractivity contribution in [3.05, 3.63) is 52.3 Å². The van der Waals surface area contributed by atoms with Crippen LogP contribution in [0.1, 0.15) is 46.7 Å². The highest BCUT2D eigenvalue weighted by atomic mass is 35.5. The number of hydrogen-bond donors (Lipinski definition) is 4. The summed E-state index contributed by atoms with van der Waals surface area (Å²) in [6, 6.07) is 6.50. The van der Waals surface area contributed by atoms with Crippen LogP contribution in [0, 0.1) is 27.7 Å². The zero-order valence-electron chi connectivity index (χ0n) is 18.0. The van der Waals surface area contributed by atoms with Crippen molar-refractivity contribution in [1.29, 1.82) is 0 Å². The number of anilines is 4. The molecule has 1 aliphatic heterocycles. The maximum atomic E-state index is 4.66. The predicted molar refractivity (Wildman–Crippen MR) is 125 cm³/mol. The quantitative estimate of drug-likeness (QED) is 0.467. The number of nitrogens with one attached hydrogen (secondary N) is 4. The molecule has 0 bridgehead atoms. The average molecular weight is 428 g/mol. The lowest BCUT2D eigenvalue weighted by Gasteiger charge is -2.25. The summed E-state index contributed by atoms with van der Waals surface area (Å²) in [5, 5.41) is 17.3. The van der Waals surface area contributed by atoms with E-state index in [4.69, 9.17) is 0 Å². The Balaban J connectivity index is 0.00000256. The van der Waals surface area contributed by atoms with Gasteiger partial charge in [0, 0.05) is 29.2 Å². The summed E-state index contributed by atoms with van der Waals surface area (Å²) in [4.78, 5) is 9.13. The highest BCUT2D eigenvalue weighted by Gasteiger charge is 2.18. The van der Waals surface area contributed by atoms with Gasteiger partial charge in [0.15, 0.2) is 5.82 Å². The van der Waals surface area contributed by atoms with E-state index < -0.39 is 0 Å². The number of nitrogens with zero attached hydrogens (tertiary/aromatic N) is 3. The molecule has 1 saturated heterocycles. The van der Waals surface area contributed by atoms with Gasteiger partial charge in [-0.05, 0) is 82.3 Å². The fraction of sp³-hybridized carbons (Fsp3) is 0.409. The van der Waals surface area contributed by atoms with Gasteiger partial charge in [-0.25, -0.2) is 4.98 Å². The fourth-order valence-corrected chi connectivity index (χ4v) is 3.90. The number of H-pyrrole nitrogens is 1. The highest BCUT2D eigenvalue weighted by Crippen LogP contribution is 2.32. The molecular formula is C22H30ClN7. The lowest BCUT2D eigenvalue weighted by molar-refractivity contribution is 0.459. The summed E-state index contributed by atoms with van der Waals surface area (Å²) < 4.78 is 0. The normalized spacial score (nSPS) is 14.3. The van der Waals surface area contributed by atoms with Crippen molar-refractivity contribution in [3.63, 3.8) is 0 Å². The molecule has 3 aromatic rings. The molecule has 7 nitrogen and oxygen atoms in total. The van der Waals surface area contributed by atoms with Gasteiger partial charge < -0.3 is 16.0 Å². The topological polar surface area (TPSA) is 90.6 Å². The molecule has 0 amide bonds. The molecular weight excluding hydrogens is 398 g/mol. The van der Waals surface area contributed by atoms with Gasteiger partial charge in [0.2, 0.25) is 5.95 Å². The molecule has 0 spiro atoms. The van der Waals surface area contributed by atoms with Crippen LogP contribution >= 0.6 is 12.4 Å². The molecule has 4 N–H and O–H groups in total. The molecule has 1 aliphatic rings. The van der Waals surface area contributed by atoms with Crippen LogP contribution in [-0.4, -0.2) is 33.3 Å². The van der Waals surface area contributed by atoms with Crippen LogP contribution in [0.4, 0.5) is 23.3 Å². The number of rotatable bonds is 5. The van der Waals surface area contributed by atoms with Crippen molar-refractivity contribution in [2.24, 2.45) is 0 Å². The van der Waals surface area contributed by atoms with Crippen LogP contribution in [-0.2, 0) is 0 Å². The van der Waals surface area contributed by atoms with E-state index in [-0.39, 0.29) is 12.4 Å². The Kier molecular flexibility index (Phi) is 6.95. The van der Waals surface area contributed by atoms with E-state index >= 15 is 0 Å². The van der Waals surface area contributed by atoms with E-state index in [1.807, 2.05) is 26.1 Å². The van der Waals surface area contributed by atoms with Gasteiger partial charge >= 0.3 is 0 Å². The first-order valence-corrected chi connectivity index (χ1v) is 10.2.